The third-order valence-corrected chi connectivity index (χ3v) is 6.41. The molecule has 1 aromatic rings. The minimum Gasteiger partial charge on any atom is -0.353 e. The van der Waals surface area contributed by atoms with Gasteiger partial charge >= 0.3 is 0 Å². The molecule has 0 saturated heterocycles. The molecule has 0 aromatic carbocycles. The molecule has 1 heterocycles. The zero-order valence-corrected chi connectivity index (χ0v) is 13.6. The first kappa shape index (κ1) is 14.2. The van der Waals surface area contributed by atoms with Gasteiger partial charge in [-0.15, -0.1) is 0 Å². The van der Waals surface area contributed by atoms with Gasteiger partial charge in [0.05, 0.1) is 11.0 Å². The lowest BCUT2D eigenvalue weighted by Crippen LogP contribution is -2.61. The SMILES string of the molecule is CC[C@@H](C)NC(=O)C12C[C@H]3C[C@@H](C1)CC(n1cncn1)(C3)C2. The Morgan fingerprint density at radius 3 is 2.68 bits per heavy atom. The second-order valence-corrected chi connectivity index (χ2v) is 8.09. The van der Waals surface area contributed by atoms with Gasteiger partial charge in [-0.1, -0.05) is 6.92 Å². The van der Waals surface area contributed by atoms with E-state index in [0.29, 0.717) is 17.7 Å². The molecule has 1 N–H and O–H groups in total. The van der Waals surface area contributed by atoms with Gasteiger partial charge < -0.3 is 5.32 Å². The summed E-state index contributed by atoms with van der Waals surface area (Å²) in [6.45, 7) is 4.23. The van der Waals surface area contributed by atoms with Crippen molar-refractivity contribution in [1.29, 1.82) is 0 Å². The lowest BCUT2D eigenvalue weighted by molar-refractivity contribution is -0.156. The summed E-state index contributed by atoms with van der Waals surface area (Å²) in [5, 5.41) is 7.71. The highest BCUT2D eigenvalue weighted by Gasteiger charge is 2.61. The van der Waals surface area contributed by atoms with E-state index in [0.717, 1.165) is 25.7 Å². The molecule has 120 valence electrons. The van der Waals surface area contributed by atoms with Crippen LogP contribution in [-0.2, 0) is 10.3 Å². The maximum atomic E-state index is 13.0. The molecule has 4 aliphatic carbocycles. The van der Waals surface area contributed by atoms with Gasteiger partial charge in [0.25, 0.3) is 0 Å². The van der Waals surface area contributed by atoms with E-state index >= 15 is 0 Å². The Morgan fingerprint density at radius 2 is 2.09 bits per heavy atom. The Morgan fingerprint density at radius 1 is 1.36 bits per heavy atom. The Bertz CT molecular complexity index is 553. The van der Waals surface area contributed by atoms with Crippen molar-refractivity contribution in [3.8, 4) is 0 Å². The minimum absolute atomic E-state index is 0.0351. The predicted molar refractivity (Wildman–Crippen MR) is 83.0 cm³/mol. The van der Waals surface area contributed by atoms with Crippen molar-refractivity contribution in [1.82, 2.24) is 20.1 Å². The molecule has 4 saturated carbocycles. The molecule has 0 spiro atoms. The molecule has 22 heavy (non-hydrogen) atoms. The fourth-order valence-electron chi connectivity index (χ4n) is 5.68. The Labute approximate surface area is 131 Å². The number of nitrogens with zero attached hydrogens (tertiary/aromatic N) is 3. The predicted octanol–water partition coefficient (Wildman–Crippen LogP) is 2.49. The average molecular weight is 302 g/mol. The van der Waals surface area contributed by atoms with E-state index in [4.69, 9.17) is 0 Å². The number of hydrogen-bond donors (Lipinski definition) is 1. The van der Waals surface area contributed by atoms with E-state index in [1.54, 1.807) is 6.33 Å². The number of carbonyl (C=O) groups is 1. The van der Waals surface area contributed by atoms with Crippen LogP contribution in [0.25, 0.3) is 0 Å². The van der Waals surface area contributed by atoms with Gasteiger partial charge in [-0.2, -0.15) is 5.10 Å². The molecular formula is C17H26N4O. The summed E-state index contributed by atoms with van der Waals surface area (Å²) in [4.78, 5) is 17.2. The molecule has 2 unspecified atom stereocenters. The fraction of sp³-hybridized carbons (Fsp3) is 0.824. The standard InChI is InChI=1S/C17H26N4O/c1-3-12(2)20-15(22)16-5-13-4-14(6-16)8-17(7-13,9-16)21-11-18-10-19-21/h10-14H,3-9H2,1-2H3,(H,20,22)/t12-,13-,14+,16?,17?/m1/s1. The van der Waals surface area contributed by atoms with Crippen LogP contribution in [0.2, 0.25) is 0 Å². The Balaban J connectivity index is 1.66. The van der Waals surface area contributed by atoms with E-state index in [1.165, 1.54) is 19.3 Å². The molecule has 0 aliphatic heterocycles. The quantitative estimate of drug-likeness (QED) is 0.929. The van der Waals surface area contributed by atoms with Gasteiger partial charge in [-0.05, 0) is 63.7 Å². The Hall–Kier alpha value is -1.39. The molecule has 4 fully saturated rings. The molecule has 4 aliphatic rings. The van der Waals surface area contributed by atoms with Crippen LogP contribution < -0.4 is 5.32 Å². The summed E-state index contributed by atoms with van der Waals surface area (Å²) in [5.41, 5.74) is -0.132. The first-order chi connectivity index (χ1) is 10.6. The average Bonchev–Trinajstić information content (AvgIpc) is 3.00. The van der Waals surface area contributed by atoms with E-state index in [9.17, 15) is 4.79 Å². The first-order valence-electron chi connectivity index (χ1n) is 8.71. The van der Waals surface area contributed by atoms with Crippen LogP contribution in [0, 0.1) is 17.3 Å². The zero-order valence-electron chi connectivity index (χ0n) is 13.6. The minimum atomic E-state index is -0.167. The van der Waals surface area contributed by atoms with E-state index < -0.39 is 0 Å². The molecule has 1 aromatic heterocycles. The van der Waals surface area contributed by atoms with Crippen molar-refractivity contribution in [2.75, 3.05) is 0 Å². The van der Waals surface area contributed by atoms with Crippen LogP contribution in [-0.4, -0.2) is 26.7 Å². The van der Waals surface area contributed by atoms with Crippen molar-refractivity contribution in [3.63, 3.8) is 0 Å². The molecular weight excluding hydrogens is 276 g/mol. The summed E-state index contributed by atoms with van der Waals surface area (Å²) >= 11 is 0. The first-order valence-corrected chi connectivity index (χ1v) is 8.71. The van der Waals surface area contributed by atoms with Crippen molar-refractivity contribution >= 4 is 5.91 Å². The summed E-state index contributed by atoms with van der Waals surface area (Å²) in [5.74, 6) is 1.64. The molecule has 5 atom stereocenters. The van der Waals surface area contributed by atoms with Gasteiger partial charge in [-0.25, -0.2) is 9.67 Å². The van der Waals surface area contributed by atoms with E-state index in [-0.39, 0.29) is 17.0 Å². The van der Waals surface area contributed by atoms with Crippen LogP contribution in [0.15, 0.2) is 12.7 Å². The van der Waals surface area contributed by atoms with Gasteiger partial charge in [0.15, 0.2) is 0 Å². The summed E-state index contributed by atoms with van der Waals surface area (Å²) in [7, 11) is 0. The van der Waals surface area contributed by atoms with Crippen molar-refractivity contribution in [2.45, 2.75) is 70.4 Å². The van der Waals surface area contributed by atoms with Gasteiger partial charge in [0.1, 0.15) is 12.7 Å². The number of nitrogens with one attached hydrogen (secondary N) is 1. The zero-order chi connectivity index (χ0) is 15.4. The smallest absolute Gasteiger partial charge is 0.226 e. The maximum Gasteiger partial charge on any atom is 0.226 e. The second-order valence-electron chi connectivity index (χ2n) is 8.09. The number of aromatic nitrogens is 3. The maximum absolute atomic E-state index is 13.0. The monoisotopic (exact) mass is 302 g/mol. The molecule has 5 nitrogen and oxygen atoms in total. The van der Waals surface area contributed by atoms with E-state index in [2.05, 4.69) is 33.9 Å². The van der Waals surface area contributed by atoms with Gasteiger partial charge in [0.2, 0.25) is 5.91 Å². The third kappa shape index (κ3) is 2.01. The van der Waals surface area contributed by atoms with Gasteiger partial charge in [0, 0.05) is 6.04 Å². The summed E-state index contributed by atoms with van der Waals surface area (Å²) in [6, 6.07) is 0.267. The number of carbonyl (C=O) groups excluding carboxylic acids is 1. The largest absolute Gasteiger partial charge is 0.353 e. The summed E-state index contributed by atoms with van der Waals surface area (Å²) in [6.07, 6.45) is 11.2. The number of rotatable bonds is 4. The second kappa shape index (κ2) is 4.80. The highest BCUT2D eigenvalue weighted by molar-refractivity contribution is 5.83. The molecule has 4 bridgehead atoms. The number of hydrogen-bond acceptors (Lipinski definition) is 3. The lowest BCUT2D eigenvalue weighted by atomic mass is 9.46. The lowest BCUT2D eigenvalue weighted by Gasteiger charge is -2.61. The Kier molecular flexibility index (Phi) is 3.10. The van der Waals surface area contributed by atoms with Crippen LogP contribution in [0.4, 0.5) is 0 Å². The van der Waals surface area contributed by atoms with Gasteiger partial charge in [-0.3, -0.25) is 4.79 Å². The molecule has 5 rings (SSSR count). The van der Waals surface area contributed by atoms with Crippen molar-refractivity contribution in [3.05, 3.63) is 12.7 Å². The van der Waals surface area contributed by atoms with Crippen LogP contribution in [0.1, 0.15) is 58.8 Å². The fourth-order valence-corrected chi connectivity index (χ4v) is 5.68. The number of amides is 1. The topological polar surface area (TPSA) is 59.8 Å². The highest BCUT2D eigenvalue weighted by Crippen LogP contribution is 2.64. The van der Waals surface area contributed by atoms with Crippen molar-refractivity contribution in [2.24, 2.45) is 17.3 Å². The third-order valence-electron chi connectivity index (χ3n) is 6.41. The molecule has 1 amide bonds. The highest BCUT2D eigenvalue weighted by atomic mass is 16.2. The van der Waals surface area contributed by atoms with Crippen LogP contribution >= 0.6 is 0 Å². The van der Waals surface area contributed by atoms with Crippen LogP contribution in [0.3, 0.4) is 0 Å². The molecule has 5 heteroatoms. The molecule has 0 radical (unpaired) electrons. The normalized spacial score (nSPS) is 40.6. The summed E-state index contributed by atoms with van der Waals surface area (Å²) < 4.78 is 2.07. The van der Waals surface area contributed by atoms with Crippen LogP contribution in [0.5, 0.6) is 0 Å². The van der Waals surface area contributed by atoms with E-state index in [1.807, 2.05) is 6.33 Å². The van der Waals surface area contributed by atoms with Crippen molar-refractivity contribution < 1.29 is 4.79 Å².